The summed E-state index contributed by atoms with van der Waals surface area (Å²) < 4.78 is 0. The maximum atomic E-state index is 12.5. The molecular formula is C74H135NO3. The quantitative estimate of drug-likeness (QED) is 0.0420. The third kappa shape index (κ3) is 64.4. The highest BCUT2D eigenvalue weighted by Crippen LogP contribution is 2.18. The van der Waals surface area contributed by atoms with Gasteiger partial charge < -0.3 is 15.5 Å². The van der Waals surface area contributed by atoms with E-state index < -0.39 is 12.1 Å². The van der Waals surface area contributed by atoms with Gasteiger partial charge in [0.25, 0.3) is 0 Å². The molecule has 0 radical (unpaired) electrons. The Morgan fingerprint density at radius 3 is 0.846 bits per heavy atom. The molecular weight excluding hydrogens is 951 g/mol. The van der Waals surface area contributed by atoms with Gasteiger partial charge in [0.15, 0.2) is 0 Å². The van der Waals surface area contributed by atoms with Crippen molar-refractivity contribution in [2.45, 2.75) is 373 Å². The molecule has 0 aliphatic carbocycles. The van der Waals surface area contributed by atoms with E-state index in [9.17, 15) is 15.0 Å². The first-order valence-electron chi connectivity index (χ1n) is 34.8. The van der Waals surface area contributed by atoms with Gasteiger partial charge in [-0.1, -0.05) is 369 Å². The molecule has 0 heterocycles. The molecule has 78 heavy (non-hydrogen) atoms. The smallest absolute Gasteiger partial charge is 0.220 e. The normalized spacial score (nSPS) is 13.2. The van der Waals surface area contributed by atoms with Crippen LogP contribution in [-0.2, 0) is 4.79 Å². The number of hydrogen-bond acceptors (Lipinski definition) is 3. The predicted molar refractivity (Wildman–Crippen MR) is 350 cm³/mol. The lowest BCUT2D eigenvalue weighted by Gasteiger charge is -2.20. The van der Waals surface area contributed by atoms with Gasteiger partial charge >= 0.3 is 0 Å². The van der Waals surface area contributed by atoms with E-state index in [1.165, 1.54) is 276 Å². The number of unbranched alkanes of at least 4 members (excludes halogenated alkanes) is 45. The number of amides is 1. The number of nitrogens with one attached hydrogen (secondary N) is 1. The van der Waals surface area contributed by atoms with Crippen LogP contribution < -0.4 is 5.32 Å². The molecule has 454 valence electrons. The van der Waals surface area contributed by atoms with E-state index in [1.807, 2.05) is 6.08 Å². The molecule has 0 bridgehead atoms. The molecule has 0 aromatic rings. The Bertz CT molecular complexity index is 1370. The average Bonchev–Trinajstić information content (AvgIpc) is 3.44. The summed E-state index contributed by atoms with van der Waals surface area (Å²) in [5.41, 5.74) is 0. The van der Waals surface area contributed by atoms with E-state index in [1.54, 1.807) is 6.08 Å². The molecule has 3 N–H and O–H groups in total. The van der Waals surface area contributed by atoms with E-state index in [2.05, 4.69) is 92.1 Å². The van der Waals surface area contributed by atoms with Crippen molar-refractivity contribution in [3.05, 3.63) is 85.1 Å². The van der Waals surface area contributed by atoms with Crippen molar-refractivity contribution in [3.8, 4) is 0 Å². The monoisotopic (exact) mass is 1090 g/mol. The minimum absolute atomic E-state index is 0.0583. The van der Waals surface area contributed by atoms with Gasteiger partial charge in [0.1, 0.15) is 0 Å². The van der Waals surface area contributed by atoms with Crippen LogP contribution in [-0.4, -0.2) is 34.9 Å². The highest BCUT2D eigenvalue weighted by molar-refractivity contribution is 5.76. The molecule has 0 fully saturated rings. The molecule has 0 aromatic carbocycles. The number of hydrogen-bond donors (Lipinski definition) is 3. The van der Waals surface area contributed by atoms with Crippen LogP contribution in [0.1, 0.15) is 361 Å². The van der Waals surface area contributed by atoms with E-state index in [0.29, 0.717) is 6.42 Å². The fourth-order valence-corrected chi connectivity index (χ4v) is 10.7. The molecule has 0 saturated carbocycles. The third-order valence-electron chi connectivity index (χ3n) is 15.9. The van der Waals surface area contributed by atoms with Crippen LogP contribution >= 0.6 is 0 Å². The van der Waals surface area contributed by atoms with Crippen molar-refractivity contribution < 1.29 is 15.0 Å². The van der Waals surface area contributed by atoms with E-state index >= 15 is 0 Å². The Morgan fingerprint density at radius 2 is 0.564 bits per heavy atom. The van der Waals surface area contributed by atoms with Crippen molar-refractivity contribution >= 4 is 5.91 Å². The Hall–Kier alpha value is -2.43. The molecule has 0 rings (SSSR count). The minimum Gasteiger partial charge on any atom is -0.394 e. The zero-order chi connectivity index (χ0) is 56.2. The fourth-order valence-electron chi connectivity index (χ4n) is 10.7. The van der Waals surface area contributed by atoms with Crippen molar-refractivity contribution in [3.63, 3.8) is 0 Å². The molecule has 2 unspecified atom stereocenters. The summed E-state index contributed by atoms with van der Waals surface area (Å²) in [5, 5.41) is 23.3. The van der Waals surface area contributed by atoms with Crippen molar-refractivity contribution in [2.75, 3.05) is 6.61 Å². The van der Waals surface area contributed by atoms with Crippen LogP contribution in [0.3, 0.4) is 0 Å². The lowest BCUT2D eigenvalue weighted by Crippen LogP contribution is -2.45. The summed E-state index contributed by atoms with van der Waals surface area (Å²) in [4.78, 5) is 12.5. The molecule has 0 spiro atoms. The topological polar surface area (TPSA) is 69.6 Å². The van der Waals surface area contributed by atoms with E-state index in [0.717, 1.165) is 64.2 Å². The lowest BCUT2D eigenvalue weighted by molar-refractivity contribution is -0.123. The number of aliphatic hydroxyl groups excluding tert-OH is 2. The summed E-state index contributed by atoms with van der Waals surface area (Å²) >= 11 is 0. The molecule has 1 amide bonds. The number of rotatable bonds is 64. The first-order chi connectivity index (χ1) is 38.7. The molecule has 0 aliphatic rings. The number of aliphatic hydroxyl groups is 2. The summed E-state index contributed by atoms with van der Waals surface area (Å²) in [5.74, 6) is -0.0583. The van der Waals surface area contributed by atoms with Gasteiger partial charge in [-0.3, -0.25) is 4.79 Å². The third-order valence-corrected chi connectivity index (χ3v) is 15.9. The Labute approximate surface area is 488 Å². The van der Waals surface area contributed by atoms with Gasteiger partial charge in [-0.15, -0.1) is 0 Å². The molecule has 4 heteroatoms. The van der Waals surface area contributed by atoms with Gasteiger partial charge in [-0.05, 0) is 70.6 Å². The standard InChI is InChI=1S/C74H135NO3/c1-3-5-7-9-11-13-15-17-19-21-23-25-27-29-30-31-32-33-34-35-36-37-38-39-40-41-42-43-44-46-48-50-52-54-56-58-60-62-64-66-68-70-74(78)75-72(71-76)73(77)69-67-65-63-61-59-57-55-53-51-49-47-45-28-26-24-22-20-18-16-14-12-10-8-6-4-2/h5,7,11,13,17,19,23,25,29-30,32-33,67,69,72-73,76-77H,3-4,6,8-10,12,14-16,18,20-22,24,26-28,31,34-66,68,70-71H2,1-2H3,(H,75,78)/b7-5-,13-11-,19-17-,25-23-,30-29-,33-32-,69-67+. The largest absolute Gasteiger partial charge is 0.394 e. The first-order valence-corrected chi connectivity index (χ1v) is 34.8. The molecule has 2 atom stereocenters. The van der Waals surface area contributed by atoms with Gasteiger partial charge in [-0.2, -0.15) is 0 Å². The Morgan fingerprint density at radius 1 is 0.321 bits per heavy atom. The number of carbonyl (C=O) groups excluding carboxylic acids is 1. The van der Waals surface area contributed by atoms with Crippen LogP contribution in [0.5, 0.6) is 0 Å². The minimum atomic E-state index is -0.842. The molecule has 4 nitrogen and oxygen atoms in total. The molecule has 0 aliphatic heterocycles. The predicted octanol–water partition coefficient (Wildman–Crippen LogP) is 23.8. The first kappa shape index (κ1) is 75.6. The number of carbonyl (C=O) groups is 1. The second-order valence-electron chi connectivity index (χ2n) is 23.6. The Balaban J connectivity index is 3.44. The highest BCUT2D eigenvalue weighted by atomic mass is 16.3. The second kappa shape index (κ2) is 68.8. The summed E-state index contributed by atoms with van der Waals surface area (Å²) in [6.07, 6.45) is 101. The zero-order valence-corrected chi connectivity index (χ0v) is 52.4. The highest BCUT2D eigenvalue weighted by Gasteiger charge is 2.18. The van der Waals surface area contributed by atoms with Crippen LogP contribution in [0, 0.1) is 0 Å². The average molecular weight is 1090 g/mol. The zero-order valence-electron chi connectivity index (χ0n) is 52.4. The van der Waals surface area contributed by atoms with Crippen LogP contribution in [0.4, 0.5) is 0 Å². The summed E-state index contributed by atoms with van der Waals surface area (Å²) in [6, 6.07) is -0.625. The summed E-state index contributed by atoms with van der Waals surface area (Å²) in [7, 11) is 0. The van der Waals surface area contributed by atoms with Crippen molar-refractivity contribution in [2.24, 2.45) is 0 Å². The van der Waals surface area contributed by atoms with Crippen LogP contribution in [0.15, 0.2) is 85.1 Å². The van der Waals surface area contributed by atoms with E-state index in [4.69, 9.17) is 0 Å². The fraction of sp³-hybridized carbons (Fsp3) is 0.797. The van der Waals surface area contributed by atoms with Gasteiger partial charge in [0.2, 0.25) is 5.91 Å². The number of allylic oxidation sites excluding steroid dienone is 13. The van der Waals surface area contributed by atoms with Crippen molar-refractivity contribution in [1.82, 2.24) is 5.32 Å². The van der Waals surface area contributed by atoms with Gasteiger partial charge in [0.05, 0.1) is 18.8 Å². The maximum absolute atomic E-state index is 12.5. The Kier molecular flexibility index (Phi) is 66.7. The van der Waals surface area contributed by atoms with Crippen molar-refractivity contribution in [1.29, 1.82) is 0 Å². The second-order valence-corrected chi connectivity index (χ2v) is 23.6. The van der Waals surface area contributed by atoms with Crippen LogP contribution in [0.25, 0.3) is 0 Å². The van der Waals surface area contributed by atoms with Crippen LogP contribution in [0.2, 0.25) is 0 Å². The van der Waals surface area contributed by atoms with Gasteiger partial charge in [0, 0.05) is 6.42 Å². The lowest BCUT2D eigenvalue weighted by atomic mass is 10.0. The molecule has 0 aromatic heterocycles. The summed E-state index contributed by atoms with van der Waals surface area (Å²) in [6.45, 7) is 4.23. The van der Waals surface area contributed by atoms with E-state index in [-0.39, 0.29) is 12.5 Å². The SMILES string of the molecule is CC/C=C\C/C=C\C/C=C\C/C=C\C/C=C\C/C=C\CCCCCCCCCCCCCCCCCCCCCCCCC(=O)NC(CO)C(O)/C=C/CCCCCCCCCCCCCCCCCCCCCCCCC. The molecule has 0 saturated heterocycles. The maximum Gasteiger partial charge on any atom is 0.220 e. The van der Waals surface area contributed by atoms with Gasteiger partial charge in [-0.25, -0.2) is 0 Å².